The van der Waals surface area contributed by atoms with E-state index in [-0.39, 0.29) is 43.2 Å². The first-order chi connectivity index (χ1) is 22.6. The lowest BCUT2D eigenvalue weighted by atomic mass is 9.83. The number of nitrogens with zero attached hydrogens (tertiary/aromatic N) is 2. The molecular formula is C35H37N5O7. The van der Waals surface area contributed by atoms with Crippen LogP contribution < -0.4 is 20.1 Å². The number of aromatic nitrogens is 2. The van der Waals surface area contributed by atoms with Gasteiger partial charge in [-0.2, -0.15) is 0 Å². The first-order valence-electron chi connectivity index (χ1n) is 15.1. The number of β-amino-alcohol motifs (C(OH)–C–C–N with tert-alkyl or cyclic N) is 1. The summed E-state index contributed by atoms with van der Waals surface area (Å²) in [7, 11) is 1.56. The number of H-pyrrole nitrogens is 1. The van der Waals surface area contributed by atoms with Gasteiger partial charge in [0.2, 0.25) is 11.8 Å². The number of likely N-dealkylation sites (tertiary alicyclic amines) is 1. The molecule has 0 saturated carbocycles. The van der Waals surface area contributed by atoms with Gasteiger partial charge in [-0.3, -0.25) is 19.2 Å². The zero-order valence-electron chi connectivity index (χ0n) is 26.4. The van der Waals surface area contributed by atoms with Crippen molar-refractivity contribution >= 4 is 23.7 Å². The Morgan fingerprint density at radius 2 is 1.66 bits per heavy atom. The van der Waals surface area contributed by atoms with Gasteiger partial charge in [-0.15, -0.1) is 0 Å². The molecule has 0 aliphatic carbocycles. The summed E-state index contributed by atoms with van der Waals surface area (Å²) in [6.45, 7) is 3.26. The van der Waals surface area contributed by atoms with Crippen molar-refractivity contribution in [2.45, 2.75) is 44.4 Å². The molecule has 12 nitrogen and oxygen atoms in total. The standard InChI is InChI=1S/C35H37N5O7/c1-22-8-4-6-10-28(22)35(45)19-40(20-35)34(44)30(16-24-12-14-26(46-3)15-13-24)39-33(43)29(17-25-18-36-21-37-25)38-32(42)27-9-5-7-11-31(27)47-23(2)41/h4-15,18,21,29-30,45H,16-17,19-20H2,1-3H3,(H,36,37)(H,38,42)(H,39,43)/t29-,30-/m0/s1. The molecule has 1 aliphatic rings. The molecule has 5 rings (SSSR count). The van der Waals surface area contributed by atoms with Crippen LogP contribution in [0.4, 0.5) is 0 Å². The minimum absolute atomic E-state index is 0.0352. The van der Waals surface area contributed by atoms with Gasteiger partial charge >= 0.3 is 5.97 Å². The number of esters is 1. The van der Waals surface area contributed by atoms with Gasteiger partial charge in [-0.25, -0.2) is 4.98 Å². The molecule has 1 aromatic heterocycles. The Balaban J connectivity index is 1.38. The van der Waals surface area contributed by atoms with Crippen molar-refractivity contribution in [3.8, 4) is 11.5 Å². The van der Waals surface area contributed by atoms with Gasteiger partial charge in [0.15, 0.2) is 0 Å². The van der Waals surface area contributed by atoms with Gasteiger partial charge in [0, 0.05) is 31.7 Å². The lowest BCUT2D eigenvalue weighted by molar-refractivity contribution is -0.160. The number of hydrogen-bond acceptors (Lipinski definition) is 8. The van der Waals surface area contributed by atoms with E-state index in [1.54, 1.807) is 43.5 Å². The monoisotopic (exact) mass is 639 g/mol. The Kier molecular flexibility index (Phi) is 10.0. The normalized spacial score (nSPS) is 14.7. The van der Waals surface area contributed by atoms with Crippen molar-refractivity contribution in [1.29, 1.82) is 0 Å². The number of hydrogen-bond donors (Lipinski definition) is 4. The van der Waals surface area contributed by atoms with E-state index in [2.05, 4.69) is 20.6 Å². The quantitative estimate of drug-likeness (QED) is 0.136. The number of carbonyl (C=O) groups excluding carboxylic acids is 4. The van der Waals surface area contributed by atoms with E-state index < -0.39 is 35.5 Å². The highest BCUT2D eigenvalue weighted by molar-refractivity contribution is 6.00. The number of benzene rings is 3. The highest BCUT2D eigenvalue weighted by Crippen LogP contribution is 2.34. The molecule has 3 aromatic carbocycles. The highest BCUT2D eigenvalue weighted by atomic mass is 16.5. The van der Waals surface area contributed by atoms with Gasteiger partial charge in [0.05, 0.1) is 32.1 Å². The molecule has 244 valence electrons. The summed E-state index contributed by atoms with van der Waals surface area (Å²) >= 11 is 0. The van der Waals surface area contributed by atoms with Crippen LogP contribution in [0.1, 0.15) is 39.7 Å². The van der Waals surface area contributed by atoms with Crippen LogP contribution in [-0.2, 0) is 32.8 Å². The predicted octanol–water partition coefficient (Wildman–Crippen LogP) is 2.45. The fourth-order valence-corrected chi connectivity index (χ4v) is 5.66. The number of para-hydroxylation sites is 1. The summed E-state index contributed by atoms with van der Waals surface area (Å²) in [5.41, 5.74) is 1.86. The lowest BCUT2D eigenvalue weighted by Crippen LogP contribution is -2.65. The Labute approximate surface area is 272 Å². The number of carbonyl (C=O) groups is 4. The van der Waals surface area contributed by atoms with Crippen molar-refractivity contribution in [3.63, 3.8) is 0 Å². The molecule has 0 radical (unpaired) electrons. The fourth-order valence-electron chi connectivity index (χ4n) is 5.66. The average Bonchev–Trinajstić information content (AvgIpc) is 3.56. The van der Waals surface area contributed by atoms with E-state index in [9.17, 15) is 24.3 Å². The van der Waals surface area contributed by atoms with E-state index in [0.29, 0.717) is 11.4 Å². The van der Waals surface area contributed by atoms with Gasteiger partial charge in [0.25, 0.3) is 5.91 Å². The van der Waals surface area contributed by atoms with E-state index in [0.717, 1.165) is 16.7 Å². The third-order valence-corrected chi connectivity index (χ3v) is 8.06. The number of methoxy groups -OCH3 is 1. The minimum atomic E-state index is -1.21. The summed E-state index contributed by atoms with van der Waals surface area (Å²) in [5, 5.41) is 16.9. The molecule has 0 spiro atoms. The van der Waals surface area contributed by atoms with Crippen molar-refractivity contribution < 1.29 is 33.8 Å². The van der Waals surface area contributed by atoms with Crippen molar-refractivity contribution in [3.05, 3.63) is 113 Å². The van der Waals surface area contributed by atoms with Crippen LogP contribution in [0.2, 0.25) is 0 Å². The molecule has 1 fully saturated rings. The van der Waals surface area contributed by atoms with Crippen LogP contribution in [0.5, 0.6) is 11.5 Å². The summed E-state index contributed by atoms with van der Waals surface area (Å²) in [5.74, 6) is -1.55. The Morgan fingerprint density at radius 3 is 2.32 bits per heavy atom. The number of aryl methyl sites for hydroxylation is 1. The third kappa shape index (κ3) is 7.85. The zero-order valence-corrected chi connectivity index (χ0v) is 26.4. The molecule has 3 amide bonds. The maximum absolute atomic E-state index is 13.9. The van der Waals surface area contributed by atoms with E-state index in [1.807, 2.05) is 31.2 Å². The maximum Gasteiger partial charge on any atom is 0.308 e. The molecule has 1 aliphatic heterocycles. The summed E-state index contributed by atoms with van der Waals surface area (Å²) < 4.78 is 10.5. The summed E-state index contributed by atoms with van der Waals surface area (Å²) in [6, 6.07) is 18.7. The number of aromatic amines is 1. The van der Waals surface area contributed by atoms with Crippen molar-refractivity contribution in [1.82, 2.24) is 25.5 Å². The largest absolute Gasteiger partial charge is 0.497 e. The third-order valence-electron chi connectivity index (χ3n) is 8.06. The van der Waals surface area contributed by atoms with Gasteiger partial charge in [0.1, 0.15) is 29.2 Å². The maximum atomic E-state index is 13.9. The number of imidazole rings is 1. The Hall–Kier alpha value is -5.49. The van der Waals surface area contributed by atoms with Gasteiger partial charge in [-0.1, -0.05) is 48.5 Å². The van der Waals surface area contributed by atoms with Gasteiger partial charge < -0.3 is 35.1 Å². The van der Waals surface area contributed by atoms with Crippen LogP contribution in [0.25, 0.3) is 0 Å². The van der Waals surface area contributed by atoms with E-state index in [1.165, 1.54) is 36.5 Å². The van der Waals surface area contributed by atoms with Crippen LogP contribution in [0.3, 0.4) is 0 Å². The fraction of sp³-hybridized carbons (Fsp3) is 0.286. The van der Waals surface area contributed by atoms with Crippen LogP contribution in [0.15, 0.2) is 85.3 Å². The molecule has 47 heavy (non-hydrogen) atoms. The second-order valence-corrected chi connectivity index (χ2v) is 11.6. The Bertz CT molecular complexity index is 1730. The van der Waals surface area contributed by atoms with Crippen LogP contribution in [0, 0.1) is 6.92 Å². The Morgan fingerprint density at radius 1 is 0.957 bits per heavy atom. The van der Waals surface area contributed by atoms with E-state index in [4.69, 9.17) is 9.47 Å². The number of amides is 3. The molecule has 4 N–H and O–H groups in total. The number of aliphatic hydroxyl groups is 1. The smallest absolute Gasteiger partial charge is 0.308 e. The minimum Gasteiger partial charge on any atom is -0.497 e. The molecule has 1 saturated heterocycles. The molecule has 12 heteroatoms. The SMILES string of the molecule is COc1ccc(C[C@H](NC(=O)[C@H](Cc2cnc[nH]2)NC(=O)c2ccccc2OC(C)=O)C(=O)N2CC(O)(c3ccccc3C)C2)cc1. The van der Waals surface area contributed by atoms with Crippen molar-refractivity contribution in [2.24, 2.45) is 0 Å². The molecule has 2 heterocycles. The topological polar surface area (TPSA) is 163 Å². The number of nitrogens with one attached hydrogen (secondary N) is 3. The average molecular weight is 640 g/mol. The second kappa shape index (κ2) is 14.3. The molecule has 0 bridgehead atoms. The molecule has 4 aromatic rings. The predicted molar refractivity (Wildman–Crippen MR) is 172 cm³/mol. The molecule has 2 atom stereocenters. The van der Waals surface area contributed by atoms with Crippen LogP contribution >= 0.6 is 0 Å². The molecule has 0 unspecified atom stereocenters. The van der Waals surface area contributed by atoms with Gasteiger partial charge in [-0.05, 0) is 47.9 Å². The zero-order chi connectivity index (χ0) is 33.6. The highest BCUT2D eigenvalue weighted by Gasteiger charge is 2.47. The van der Waals surface area contributed by atoms with Crippen LogP contribution in [-0.4, -0.2) is 75.9 Å². The van der Waals surface area contributed by atoms with E-state index >= 15 is 0 Å². The van der Waals surface area contributed by atoms with Crippen molar-refractivity contribution in [2.75, 3.05) is 20.2 Å². The summed E-state index contributed by atoms with van der Waals surface area (Å²) in [6.07, 6.45) is 3.17. The summed E-state index contributed by atoms with van der Waals surface area (Å²) in [4.78, 5) is 61.4. The first-order valence-corrected chi connectivity index (χ1v) is 15.1. The first kappa shape index (κ1) is 32.9. The number of rotatable bonds is 12. The number of ether oxygens (including phenoxy) is 2. The molecular weight excluding hydrogens is 602 g/mol. The lowest BCUT2D eigenvalue weighted by Gasteiger charge is -2.48. The second-order valence-electron chi connectivity index (χ2n) is 11.6.